The number of benzene rings is 1. The van der Waals surface area contributed by atoms with Crippen LogP contribution in [-0.4, -0.2) is 39.4 Å². The van der Waals surface area contributed by atoms with Gasteiger partial charge < -0.3 is 20.7 Å². The predicted octanol–water partition coefficient (Wildman–Crippen LogP) is 0.714. The molecule has 116 valence electrons. The highest BCUT2D eigenvalue weighted by Gasteiger charge is 2.52. The number of hydrogen-bond acceptors (Lipinski definition) is 5. The maximum absolute atomic E-state index is 12.0. The lowest BCUT2D eigenvalue weighted by molar-refractivity contribution is -0.190. The standard InChI is InChI=1S/C15H21NO5/c1-14(2,3)21-13(19)15(20,12(17)18)11(16)9-10-7-5-4-6-8-10/h4-8,11,20H,9,16H2,1-3H3,(H,17,18)/t11-,15+/m1/s1. The van der Waals surface area contributed by atoms with Crippen LogP contribution in [0.2, 0.25) is 0 Å². The Morgan fingerprint density at radius 3 is 2.19 bits per heavy atom. The maximum atomic E-state index is 12.0. The van der Waals surface area contributed by atoms with Gasteiger partial charge in [-0.3, -0.25) is 0 Å². The molecule has 0 saturated heterocycles. The summed E-state index contributed by atoms with van der Waals surface area (Å²) >= 11 is 0. The molecule has 1 aromatic rings. The first-order valence-corrected chi connectivity index (χ1v) is 6.56. The van der Waals surface area contributed by atoms with Gasteiger partial charge in [0.2, 0.25) is 0 Å². The Morgan fingerprint density at radius 2 is 1.76 bits per heavy atom. The Hall–Kier alpha value is -1.92. The number of ether oxygens (including phenoxy) is 1. The minimum absolute atomic E-state index is 0.0306. The SMILES string of the molecule is CC(C)(C)OC(=O)[C@@](O)(C(=O)O)[C@H](N)Cc1ccccc1. The van der Waals surface area contributed by atoms with Crippen LogP contribution in [0.3, 0.4) is 0 Å². The number of carbonyl (C=O) groups excluding carboxylic acids is 1. The van der Waals surface area contributed by atoms with Gasteiger partial charge in [0, 0.05) is 0 Å². The van der Waals surface area contributed by atoms with Crippen molar-refractivity contribution in [3.63, 3.8) is 0 Å². The number of nitrogens with two attached hydrogens (primary N) is 1. The van der Waals surface area contributed by atoms with Crippen LogP contribution in [0.4, 0.5) is 0 Å². The van der Waals surface area contributed by atoms with Crippen molar-refractivity contribution >= 4 is 11.9 Å². The number of carboxylic acids is 1. The zero-order chi connectivity index (χ0) is 16.3. The molecule has 0 aliphatic carbocycles. The Balaban J connectivity index is 2.99. The summed E-state index contributed by atoms with van der Waals surface area (Å²) in [4.78, 5) is 23.4. The molecule has 21 heavy (non-hydrogen) atoms. The number of hydrogen-bond donors (Lipinski definition) is 3. The van der Waals surface area contributed by atoms with Crippen LogP contribution in [0.25, 0.3) is 0 Å². The van der Waals surface area contributed by atoms with Gasteiger partial charge in [-0.05, 0) is 32.8 Å². The molecule has 1 aromatic carbocycles. The van der Waals surface area contributed by atoms with E-state index in [2.05, 4.69) is 0 Å². The summed E-state index contributed by atoms with van der Waals surface area (Å²) in [5, 5.41) is 19.5. The third kappa shape index (κ3) is 4.27. The summed E-state index contributed by atoms with van der Waals surface area (Å²) in [6, 6.07) is 7.46. The Bertz CT molecular complexity index is 509. The number of aliphatic hydroxyl groups is 1. The van der Waals surface area contributed by atoms with E-state index in [1.165, 1.54) is 0 Å². The second-order valence-electron chi connectivity index (χ2n) is 5.87. The maximum Gasteiger partial charge on any atom is 0.352 e. The van der Waals surface area contributed by atoms with Crippen molar-refractivity contribution in [2.45, 2.75) is 44.4 Å². The number of carbonyl (C=O) groups is 2. The van der Waals surface area contributed by atoms with E-state index >= 15 is 0 Å². The molecule has 0 unspecified atom stereocenters. The zero-order valence-electron chi connectivity index (χ0n) is 12.4. The van der Waals surface area contributed by atoms with E-state index in [4.69, 9.17) is 10.5 Å². The van der Waals surface area contributed by atoms with Crippen LogP contribution in [0.15, 0.2) is 30.3 Å². The molecule has 0 amide bonds. The fourth-order valence-corrected chi connectivity index (χ4v) is 1.77. The van der Waals surface area contributed by atoms with Gasteiger partial charge in [-0.2, -0.15) is 0 Å². The van der Waals surface area contributed by atoms with Crippen LogP contribution < -0.4 is 5.73 Å². The Kier molecular flexibility index (Phi) is 5.09. The lowest BCUT2D eigenvalue weighted by atomic mass is 9.89. The number of aliphatic carboxylic acids is 1. The van der Waals surface area contributed by atoms with Gasteiger partial charge in [-0.25, -0.2) is 9.59 Å². The first-order chi connectivity index (χ1) is 9.57. The lowest BCUT2D eigenvalue weighted by Gasteiger charge is -2.31. The molecule has 0 fully saturated rings. The average Bonchev–Trinajstić information content (AvgIpc) is 2.36. The highest BCUT2D eigenvalue weighted by Crippen LogP contribution is 2.20. The van der Waals surface area contributed by atoms with Crippen LogP contribution in [-0.2, 0) is 20.7 Å². The van der Waals surface area contributed by atoms with Crippen LogP contribution in [0.1, 0.15) is 26.3 Å². The summed E-state index contributed by atoms with van der Waals surface area (Å²) in [5.74, 6) is -2.98. The van der Waals surface area contributed by atoms with E-state index in [0.717, 1.165) is 0 Å². The van der Waals surface area contributed by atoms with Crippen LogP contribution >= 0.6 is 0 Å². The number of carboxylic acid groups (broad SMARTS) is 1. The predicted molar refractivity (Wildman–Crippen MR) is 76.6 cm³/mol. The Morgan fingerprint density at radius 1 is 1.24 bits per heavy atom. The largest absolute Gasteiger partial charge is 0.479 e. The minimum atomic E-state index is -2.79. The van der Waals surface area contributed by atoms with Crippen molar-refractivity contribution in [1.29, 1.82) is 0 Å². The molecular formula is C15H21NO5. The van der Waals surface area contributed by atoms with Crippen LogP contribution in [0.5, 0.6) is 0 Å². The normalized spacial score (nSPS) is 15.9. The van der Waals surface area contributed by atoms with Crippen molar-refractivity contribution < 1.29 is 24.5 Å². The molecule has 0 spiro atoms. The van der Waals surface area contributed by atoms with E-state index in [1.54, 1.807) is 51.1 Å². The third-order valence-corrected chi connectivity index (χ3v) is 2.87. The first-order valence-electron chi connectivity index (χ1n) is 6.56. The highest BCUT2D eigenvalue weighted by molar-refractivity contribution is 6.03. The molecule has 4 N–H and O–H groups in total. The van der Waals surface area contributed by atoms with Crippen molar-refractivity contribution in [3.8, 4) is 0 Å². The highest BCUT2D eigenvalue weighted by atomic mass is 16.6. The van der Waals surface area contributed by atoms with Crippen molar-refractivity contribution in [1.82, 2.24) is 0 Å². The molecule has 2 atom stereocenters. The van der Waals surface area contributed by atoms with Crippen molar-refractivity contribution in [3.05, 3.63) is 35.9 Å². The van der Waals surface area contributed by atoms with Gasteiger partial charge in [-0.15, -0.1) is 0 Å². The van der Waals surface area contributed by atoms with E-state index in [9.17, 15) is 19.8 Å². The number of rotatable bonds is 5. The van der Waals surface area contributed by atoms with Gasteiger partial charge in [0.05, 0.1) is 6.04 Å². The monoisotopic (exact) mass is 295 g/mol. The molecule has 0 saturated carbocycles. The second-order valence-corrected chi connectivity index (χ2v) is 5.87. The molecule has 0 radical (unpaired) electrons. The Labute approximate surface area is 123 Å². The third-order valence-electron chi connectivity index (χ3n) is 2.87. The molecule has 0 bridgehead atoms. The molecular weight excluding hydrogens is 274 g/mol. The quantitative estimate of drug-likeness (QED) is 0.545. The summed E-state index contributed by atoms with van der Waals surface area (Å²) in [7, 11) is 0. The average molecular weight is 295 g/mol. The molecule has 0 aliphatic heterocycles. The number of esters is 1. The van der Waals surface area contributed by atoms with Crippen LogP contribution in [0, 0.1) is 0 Å². The van der Waals surface area contributed by atoms with Gasteiger partial charge in [0.25, 0.3) is 5.60 Å². The van der Waals surface area contributed by atoms with E-state index in [1.807, 2.05) is 0 Å². The second kappa shape index (κ2) is 6.24. The van der Waals surface area contributed by atoms with Gasteiger partial charge in [-0.1, -0.05) is 30.3 Å². The first kappa shape index (κ1) is 17.1. The van der Waals surface area contributed by atoms with E-state index in [0.29, 0.717) is 5.56 Å². The van der Waals surface area contributed by atoms with Gasteiger partial charge >= 0.3 is 11.9 Å². The molecule has 0 aromatic heterocycles. The zero-order valence-corrected chi connectivity index (χ0v) is 12.4. The van der Waals surface area contributed by atoms with Crippen molar-refractivity contribution in [2.24, 2.45) is 5.73 Å². The molecule has 6 heteroatoms. The molecule has 6 nitrogen and oxygen atoms in total. The molecule has 0 heterocycles. The fourth-order valence-electron chi connectivity index (χ4n) is 1.77. The summed E-state index contributed by atoms with van der Waals surface area (Å²) < 4.78 is 4.97. The lowest BCUT2D eigenvalue weighted by Crippen LogP contribution is -2.62. The van der Waals surface area contributed by atoms with Gasteiger partial charge in [0.1, 0.15) is 5.60 Å². The van der Waals surface area contributed by atoms with Crippen molar-refractivity contribution in [2.75, 3.05) is 0 Å². The smallest absolute Gasteiger partial charge is 0.352 e. The topological polar surface area (TPSA) is 110 Å². The summed E-state index contributed by atoms with van der Waals surface area (Å²) in [6.07, 6.45) is 0.0306. The molecule has 0 aliphatic rings. The fraction of sp³-hybridized carbons (Fsp3) is 0.467. The summed E-state index contributed by atoms with van der Waals surface area (Å²) in [6.45, 7) is 4.74. The molecule has 1 rings (SSSR count). The van der Waals surface area contributed by atoms with E-state index in [-0.39, 0.29) is 6.42 Å². The van der Waals surface area contributed by atoms with E-state index < -0.39 is 29.2 Å². The summed E-state index contributed by atoms with van der Waals surface area (Å²) in [5.41, 5.74) is 2.78. The van der Waals surface area contributed by atoms with Gasteiger partial charge in [0.15, 0.2) is 0 Å². The minimum Gasteiger partial charge on any atom is -0.479 e.